The molecule has 3 N–H and O–H groups in total. The first-order valence-corrected chi connectivity index (χ1v) is 8.71. The first-order valence-electron chi connectivity index (χ1n) is 6.71. The van der Waals surface area contributed by atoms with Gasteiger partial charge in [0.05, 0.1) is 15.2 Å². The molecule has 0 heterocycles. The van der Waals surface area contributed by atoms with E-state index in [0.29, 0.717) is 6.61 Å². The molecule has 4 nitrogen and oxygen atoms in total. The van der Waals surface area contributed by atoms with Gasteiger partial charge in [-0.2, -0.15) is 5.10 Å². The van der Waals surface area contributed by atoms with E-state index in [0.717, 1.165) is 25.8 Å². The van der Waals surface area contributed by atoms with Crippen molar-refractivity contribution in [2.24, 2.45) is 10.8 Å². The number of hydrogen-bond acceptors (Lipinski definition) is 3. The van der Waals surface area contributed by atoms with Gasteiger partial charge in [0, 0.05) is 0 Å². The molecule has 0 saturated heterocycles. The van der Waals surface area contributed by atoms with E-state index in [4.69, 9.17) is 10.5 Å². The number of nitrogens with zero attached hydrogens (tertiary/aromatic N) is 1. The van der Waals surface area contributed by atoms with Crippen molar-refractivity contribution in [3.05, 3.63) is 62.0 Å². The van der Waals surface area contributed by atoms with Crippen LogP contribution in [0.3, 0.4) is 0 Å². The third kappa shape index (κ3) is 5.60. The predicted molar refractivity (Wildman–Crippen MR) is 105 cm³/mol. The Morgan fingerprint density at radius 3 is 2.43 bits per heavy atom. The highest BCUT2D eigenvalue weighted by atomic mass is 79.9. The summed E-state index contributed by atoms with van der Waals surface area (Å²) in [6, 6.07) is 12.0. The monoisotopic (exact) mass is 455 g/mol. The van der Waals surface area contributed by atoms with Gasteiger partial charge in [0.2, 0.25) is 0 Å². The van der Waals surface area contributed by atoms with Gasteiger partial charge in [-0.05, 0) is 74.3 Å². The summed E-state index contributed by atoms with van der Waals surface area (Å²) in [4.78, 5) is 0. The molecule has 0 radical (unpaired) electrons. The van der Waals surface area contributed by atoms with Crippen LogP contribution in [-0.4, -0.2) is 11.3 Å². The summed E-state index contributed by atoms with van der Waals surface area (Å²) in [6.45, 7) is 2.55. The zero-order valence-corrected chi connectivity index (χ0v) is 16.3. The number of thiocarbonyl (C=S) groups is 1. The third-order valence-corrected chi connectivity index (χ3v) is 4.18. The van der Waals surface area contributed by atoms with E-state index in [2.05, 4.69) is 85.8 Å². The molecule has 0 amide bonds. The fraction of sp³-hybridized carbons (Fsp3) is 0.125. The van der Waals surface area contributed by atoms with Crippen LogP contribution in [0, 0.1) is 6.92 Å². The van der Waals surface area contributed by atoms with Gasteiger partial charge in [0.15, 0.2) is 5.11 Å². The van der Waals surface area contributed by atoms with Crippen LogP contribution in [0.5, 0.6) is 5.75 Å². The average Bonchev–Trinajstić information content (AvgIpc) is 2.48. The van der Waals surface area contributed by atoms with Gasteiger partial charge in [-0.15, -0.1) is 0 Å². The molecule has 0 bridgehead atoms. The zero-order chi connectivity index (χ0) is 16.8. The Bertz CT molecular complexity index is 710. The second-order valence-corrected chi connectivity index (χ2v) is 6.97. The van der Waals surface area contributed by atoms with Gasteiger partial charge < -0.3 is 10.5 Å². The van der Waals surface area contributed by atoms with Crippen LogP contribution >= 0.6 is 44.1 Å². The lowest BCUT2D eigenvalue weighted by Gasteiger charge is -2.11. The number of ether oxygens (including phenoxy) is 1. The molecule has 0 aliphatic heterocycles. The van der Waals surface area contributed by atoms with E-state index in [9.17, 15) is 0 Å². The first kappa shape index (κ1) is 17.9. The van der Waals surface area contributed by atoms with E-state index in [-0.39, 0.29) is 5.11 Å². The summed E-state index contributed by atoms with van der Waals surface area (Å²) in [5, 5.41) is 4.05. The Balaban J connectivity index is 2.09. The second-order valence-electron chi connectivity index (χ2n) is 4.82. The number of hydrogen-bond donors (Lipinski definition) is 2. The summed E-state index contributed by atoms with van der Waals surface area (Å²) < 4.78 is 7.56. The van der Waals surface area contributed by atoms with Crippen LogP contribution in [0.15, 0.2) is 50.4 Å². The van der Waals surface area contributed by atoms with Gasteiger partial charge >= 0.3 is 0 Å². The summed E-state index contributed by atoms with van der Waals surface area (Å²) in [6.07, 6.45) is 1.62. The normalized spacial score (nSPS) is 10.7. The SMILES string of the molecule is Cc1ccc(COc2c(Br)cc(/C=N\NC(N)=S)cc2Br)cc1. The zero-order valence-electron chi connectivity index (χ0n) is 12.3. The molecule has 0 atom stereocenters. The molecule has 0 unspecified atom stereocenters. The number of halogens is 2. The molecule has 7 heteroatoms. The van der Waals surface area contributed by atoms with E-state index < -0.39 is 0 Å². The molecule has 0 spiro atoms. The number of benzene rings is 2. The smallest absolute Gasteiger partial charge is 0.184 e. The molecule has 120 valence electrons. The Morgan fingerprint density at radius 2 is 1.87 bits per heavy atom. The van der Waals surface area contributed by atoms with Crippen LogP contribution in [0.1, 0.15) is 16.7 Å². The largest absolute Gasteiger partial charge is 0.487 e. The summed E-state index contributed by atoms with van der Waals surface area (Å²) in [5.41, 5.74) is 11.0. The summed E-state index contributed by atoms with van der Waals surface area (Å²) in [5.74, 6) is 0.741. The van der Waals surface area contributed by atoms with Gasteiger partial charge in [0.25, 0.3) is 0 Å². The molecule has 2 aromatic rings. The highest BCUT2D eigenvalue weighted by Crippen LogP contribution is 2.35. The number of nitrogens with two attached hydrogens (primary N) is 1. The maximum absolute atomic E-state index is 5.90. The number of aryl methyl sites for hydroxylation is 1. The van der Waals surface area contributed by atoms with E-state index in [1.54, 1.807) is 6.21 Å². The number of nitrogens with one attached hydrogen (secondary N) is 1. The van der Waals surface area contributed by atoms with Gasteiger partial charge in [0.1, 0.15) is 12.4 Å². The maximum Gasteiger partial charge on any atom is 0.184 e. The molecule has 0 aliphatic carbocycles. The van der Waals surface area contributed by atoms with Crippen LogP contribution in [0.2, 0.25) is 0 Å². The number of rotatable bonds is 5. The highest BCUT2D eigenvalue weighted by molar-refractivity contribution is 9.11. The molecule has 0 aliphatic rings. The molecule has 23 heavy (non-hydrogen) atoms. The predicted octanol–water partition coefficient (Wildman–Crippen LogP) is 4.27. The molecular weight excluding hydrogens is 442 g/mol. The van der Waals surface area contributed by atoms with E-state index in [1.807, 2.05) is 12.1 Å². The highest BCUT2D eigenvalue weighted by Gasteiger charge is 2.09. The first-order chi connectivity index (χ1) is 11.0. The van der Waals surface area contributed by atoms with Crippen molar-refractivity contribution in [2.45, 2.75) is 13.5 Å². The number of hydrazone groups is 1. The van der Waals surface area contributed by atoms with Crippen molar-refractivity contribution in [1.82, 2.24) is 5.43 Å². The molecule has 2 rings (SSSR count). The molecule has 0 saturated carbocycles. The topological polar surface area (TPSA) is 59.6 Å². The summed E-state index contributed by atoms with van der Waals surface area (Å²) in [7, 11) is 0. The minimum absolute atomic E-state index is 0.123. The Labute approximate surface area is 157 Å². The fourth-order valence-electron chi connectivity index (χ4n) is 1.80. The average molecular weight is 457 g/mol. The van der Waals surface area contributed by atoms with Gasteiger partial charge in [-0.25, -0.2) is 0 Å². The standard InChI is InChI=1S/C16H15Br2N3OS/c1-10-2-4-11(5-3-10)9-22-15-13(17)6-12(7-14(15)18)8-20-21-16(19)23/h2-8H,9H2,1H3,(H3,19,21,23)/b20-8-. The lowest BCUT2D eigenvalue weighted by atomic mass is 10.2. The third-order valence-electron chi connectivity index (χ3n) is 2.91. The Hall–Kier alpha value is -1.44. The quantitative estimate of drug-likeness (QED) is 0.400. The molecule has 0 aromatic heterocycles. The van der Waals surface area contributed by atoms with Crippen LogP contribution in [0.4, 0.5) is 0 Å². The van der Waals surface area contributed by atoms with E-state index in [1.165, 1.54) is 5.56 Å². The van der Waals surface area contributed by atoms with E-state index >= 15 is 0 Å². The fourth-order valence-corrected chi connectivity index (χ4v) is 3.31. The second kappa shape index (κ2) is 8.42. The van der Waals surface area contributed by atoms with Crippen molar-refractivity contribution in [3.63, 3.8) is 0 Å². The molecule has 2 aromatic carbocycles. The van der Waals surface area contributed by atoms with Gasteiger partial charge in [-0.3, -0.25) is 5.43 Å². The van der Waals surface area contributed by atoms with Crippen molar-refractivity contribution in [1.29, 1.82) is 0 Å². The Kier molecular flexibility index (Phi) is 6.56. The minimum Gasteiger partial charge on any atom is -0.487 e. The van der Waals surface area contributed by atoms with Crippen molar-refractivity contribution in [3.8, 4) is 5.75 Å². The van der Waals surface area contributed by atoms with Crippen LogP contribution in [-0.2, 0) is 6.61 Å². The Morgan fingerprint density at radius 1 is 1.26 bits per heavy atom. The van der Waals surface area contributed by atoms with Crippen LogP contribution < -0.4 is 15.9 Å². The lowest BCUT2D eigenvalue weighted by Crippen LogP contribution is -2.23. The van der Waals surface area contributed by atoms with Gasteiger partial charge in [-0.1, -0.05) is 29.8 Å². The van der Waals surface area contributed by atoms with Crippen molar-refractivity contribution >= 4 is 55.4 Å². The minimum atomic E-state index is 0.123. The lowest BCUT2D eigenvalue weighted by molar-refractivity contribution is 0.302. The summed E-state index contributed by atoms with van der Waals surface area (Å²) >= 11 is 11.7. The maximum atomic E-state index is 5.90. The molecular formula is C16H15Br2N3OS. The molecule has 0 fully saturated rings. The van der Waals surface area contributed by atoms with Crippen molar-refractivity contribution in [2.75, 3.05) is 0 Å². The van der Waals surface area contributed by atoms with Crippen molar-refractivity contribution < 1.29 is 4.74 Å². The van der Waals surface area contributed by atoms with Crippen LogP contribution in [0.25, 0.3) is 0 Å².